The van der Waals surface area contributed by atoms with E-state index < -0.39 is 5.60 Å². The summed E-state index contributed by atoms with van der Waals surface area (Å²) in [7, 11) is 0. The number of anilines is 1. The number of amides is 2. The quantitative estimate of drug-likeness (QED) is 0.372. The number of halogens is 2. The molecule has 2 amide bonds. The van der Waals surface area contributed by atoms with Gasteiger partial charge in [-0.3, -0.25) is 4.79 Å². The number of piperazine rings is 1. The number of ether oxygens (including phenoxy) is 1. The summed E-state index contributed by atoms with van der Waals surface area (Å²) >= 11 is 0. The Morgan fingerprint density at radius 3 is 2.21 bits per heavy atom. The minimum Gasteiger partial charge on any atom is -0.444 e. The fourth-order valence-electron chi connectivity index (χ4n) is 2.43. The molecule has 0 atom stereocenters. The molecule has 8 nitrogen and oxygen atoms in total. The van der Waals surface area contributed by atoms with Crippen molar-refractivity contribution < 1.29 is 18.7 Å². The van der Waals surface area contributed by atoms with Crippen LogP contribution in [0.2, 0.25) is 0 Å². The molecule has 0 unspecified atom stereocenters. The number of nitrogens with two attached hydrogens (primary N) is 1. The number of carbonyl (C=O) groups is 2. The van der Waals surface area contributed by atoms with Crippen LogP contribution in [-0.4, -0.2) is 66.1 Å². The summed E-state index contributed by atoms with van der Waals surface area (Å²) in [5, 5.41) is 2.61. The van der Waals surface area contributed by atoms with Crippen LogP contribution >= 0.6 is 24.0 Å². The van der Waals surface area contributed by atoms with Crippen LogP contribution in [0.5, 0.6) is 0 Å². The molecule has 1 aromatic carbocycles. The van der Waals surface area contributed by atoms with Crippen molar-refractivity contribution in [2.75, 3.05) is 38.0 Å². The predicted octanol–water partition coefficient (Wildman–Crippen LogP) is 2.25. The van der Waals surface area contributed by atoms with Gasteiger partial charge in [0.2, 0.25) is 5.91 Å². The highest BCUT2D eigenvalue weighted by Crippen LogP contribution is 2.12. The fraction of sp³-hybridized carbons (Fsp3) is 0.500. The van der Waals surface area contributed by atoms with Crippen LogP contribution in [0.1, 0.15) is 20.8 Å². The zero-order valence-corrected chi connectivity index (χ0v) is 18.6. The molecule has 1 heterocycles. The molecular weight excluding hydrogens is 480 g/mol. The maximum absolute atomic E-state index is 12.9. The number of guanidine groups is 1. The maximum atomic E-state index is 12.9. The predicted molar refractivity (Wildman–Crippen MR) is 116 cm³/mol. The zero-order valence-electron chi connectivity index (χ0n) is 16.3. The Morgan fingerprint density at radius 1 is 1.14 bits per heavy atom. The van der Waals surface area contributed by atoms with Gasteiger partial charge in [-0.2, -0.15) is 0 Å². The minimum atomic E-state index is -0.535. The fourth-order valence-corrected chi connectivity index (χ4v) is 2.43. The number of aliphatic imine (C=N–C) groups is 1. The van der Waals surface area contributed by atoms with Gasteiger partial charge in [-0.25, -0.2) is 14.2 Å². The van der Waals surface area contributed by atoms with Gasteiger partial charge in [-0.15, -0.1) is 24.0 Å². The van der Waals surface area contributed by atoms with Gasteiger partial charge in [0.05, 0.1) is 0 Å². The largest absolute Gasteiger partial charge is 0.444 e. The summed E-state index contributed by atoms with van der Waals surface area (Å²) in [4.78, 5) is 31.5. The third-order valence-electron chi connectivity index (χ3n) is 3.77. The van der Waals surface area contributed by atoms with Crippen molar-refractivity contribution in [1.29, 1.82) is 0 Å². The van der Waals surface area contributed by atoms with Gasteiger partial charge in [0.1, 0.15) is 18.0 Å². The average Bonchev–Trinajstić information content (AvgIpc) is 2.60. The van der Waals surface area contributed by atoms with Gasteiger partial charge in [0, 0.05) is 31.9 Å². The number of hydrogen-bond acceptors (Lipinski definition) is 4. The third kappa shape index (κ3) is 7.87. The van der Waals surface area contributed by atoms with Crippen molar-refractivity contribution in [1.82, 2.24) is 9.80 Å². The van der Waals surface area contributed by atoms with E-state index in [9.17, 15) is 14.0 Å². The summed E-state index contributed by atoms with van der Waals surface area (Å²) in [5.41, 5.74) is 5.90. The normalized spacial score (nSPS) is 14.9. The maximum Gasteiger partial charge on any atom is 0.410 e. The monoisotopic (exact) mass is 507 g/mol. The van der Waals surface area contributed by atoms with E-state index in [1.54, 1.807) is 4.90 Å². The van der Waals surface area contributed by atoms with Crippen molar-refractivity contribution in [3.05, 3.63) is 30.1 Å². The molecule has 1 aliphatic heterocycles. The number of hydrogen-bond donors (Lipinski definition) is 2. The summed E-state index contributed by atoms with van der Waals surface area (Å²) in [6.07, 6.45) is -0.351. The number of nitrogens with zero attached hydrogens (tertiary/aromatic N) is 3. The van der Waals surface area contributed by atoms with Gasteiger partial charge in [0.25, 0.3) is 0 Å². The van der Waals surface area contributed by atoms with Crippen molar-refractivity contribution >= 4 is 47.6 Å². The molecule has 1 aliphatic rings. The molecule has 3 N–H and O–H groups in total. The Balaban J connectivity index is 0.00000392. The number of nitrogens with one attached hydrogen (secondary N) is 1. The minimum absolute atomic E-state index is 0. The molecule has 0 bridgehead atoms. The summed E-state index contributed by atoms with van der Waals surface area (Å²) in [6.45, 7) is 7.27. The number of benzene rings is 1. The number of carbonyl (C=O) groups excluding carboxylic acids is 2. The summed E-state index contributed by atoms with van der Waals surface area (Å²) in [6, 6.07) is 5.46. The SMILES string of the molecule is CC(C)(C)OC(=O)N1CCN(C(N)=NCC(=O)Nc2ccc(F)cc2)CC1.I. The van der Waals surface area contributed by atoms with Crippen molar-refractivity contribution in [3.63, 3.8) is 0 Å². The topological polar surface area (TPSA) is 100 Å². The summed E-state index contributed by atoms with van der Waals surface area (Å²) in [5.74, 6) is -0.481. The molecule has 1 aromatic rings. The molecule has 0 saturated carbocycles. The lowest BCUT2D eigenvalue weighted by Gasteiger charge is -2.36. The zero-order chi connectivity index (χ0) is 20.0. The summed E-state index contributed by atoms with van der Waals surface area (Å²) < 4.78 is 18.2. The molecule has 156 valence electrons. The van der Waals surface area contributed by atoms with E-state index in [0.29, 0.717) is 31.9 Å². The smallest absolute Gasteiger partial charge is 0.410 e. The first-order valence-electron chi connectivity index (χ1n) is 8.72. The Bertz CT molecular complexity index is 698. The van der Waals surface area contributed by atoms with Crippen molar-refractivity contribution in [2.24, 2.45) is 10.7 Å². The second-order valence-corrected chi connectivity index (χ2v) is 7.18. The van der Waals surface area contributed by atoms with Crippen LogP contribution in [0.25, 0.3) is 0 Å². The first-order chi connectivity index (χ1) is 12.6. The second-order valence-electron chi connectivity index (χ2n) is 7.18. The second kappa shape index (κ2) is 10.4. The number of rotatable bonds is 3. The van der Waals surface area contributed by atoms with E-state index in [-0.39, 0.29) is 54.3 Å². The molecule has 0 radical (unpaired) electrons. The highest BCUT2D eigenvalue weighted by molar-refractivity contribution is 14.0. The highest BCUT2D eigenvalue weighted by atomic mass is 127. The Kier molecular flexibility index (Phi) is 8.92. The molecule has 1 saturated heterocycles. The Labute approximate surface area is 181 Å². The molecular formula is C18H27FIN5O3. The van der Waals surface area contributed by atoms with Gasteiger partial charge >= 0.3 is 6.09 Å². The third-order valence-corrected chi connectivity index (χ3v) is 3.77. The molecule has 2 rings (SSSR count). The van der Waals surface area contributed by atoms with E-state index in [1.807, 2.05) is 25.7 Å². The highest BCUT2D eigenvalue weighted by Gasteiger charge is 2.26. The van der Waals surface area contributed by atoms with E-state index in [2.05, 4.69) is 10.3 Å². The first-order valence-corrected chi connectivity index (χ1v) is 8.72. The van der Waals surface area contributed by atoms with Crippen molar-refractivity contribution in [2.45, 2.75) is 26.4 Å². The van der Waals surface area contributed by atoms with E-state index >= 15 is 0 Å². The average molecular weight is 507 g/mol. The first kappa shape index (κ1) is 23.9. The Hall–Kier alpha value is -2.11. The van der Waals surface area contributed by atoms with Crippen LogP contribution < -0.4 is 11.1 Å². The van der Waals surface area contributed by atoms with Gasteiger partial charge < -0.3 is 25.6 Å². The van der Waals surface area contributed by atoms with Crippen LogP contribution in [0.3, 0.4) is 0 Å². The molecule has 10 heteroatoms. The molecule has 0 spiro atoms. The molecule has 0 aromatic heterocycles. The van der Waals surface area contributed by atoms with Gasteiger partial charge in [-0.05, 0) is 45.0 Å². The van der Waals surface area contributed by atoms with Gasteiger partial charge in [-0.1, -0.05) is 0 Å². The lowest BCUT2D eigenvalue weighted by molar-refractivity contribution is -0.114. The lowest BCUT2D eigenvalue weighted by atomic mass is 10.2. The Morgan fingerprint density at radius 2 is 1.68 bits per heavy atom. The molecule has 1 fully saturated rings. The van der Waals surface area contributed by atoms with Crippen LogP contribution in [-0.2, 0) is 9.53 Å². The van der Waals surface area contributed by atoms with Crippen molar-refractivity contribution in [3.8, 4) is 0 Å². The standard InChI is InChI=1S/C18H26FN5O3.HI/c1-18(2,3)27-17(26)24-10-8-23(9-11-24)16(20)21-12-15(25)22-14-6-4-13(19)5-7-14;/h4-7H,8-12H2,1-3H3,(H2,20,21)(H,22,25);1H. The molecule has 28 heavy (non-hydrogen) atoms. The van der Waals surface area contributed by atoms with E-state index in [4.69, 9.17) is 10.5 Å². The van der Waals surface area contributed by atoms with E-state index in [0.717, 1.165) is 0 Å². The van der Waals surface area contributed by atoms with Crippen LogP contribution in [0.15, 0.2) is 29.3 Å². The van der Waals surface area contributed by atoms with E-state index in [1.165, 1.54) is 24.3 Å². The van der Waals surface area contributed by atoms with Gasteiger partial charge in [0.15, 0.2) is 5.96 Å². The van der Waals surface area contributed by atoms with Crippen LogP contribution in [0, 0.1) is 5.82 Å². The molecule has 0 aliphatic carbocycles. The lowest BCUT2D eigenvalue weighted by Crippen LogP contribution is -2.53. The van der Waals surface area contributed by atoms with Crippen LogP contribution in [0.4, 0.5) is 14.9 Å².